The van der Waals surface area contributed by atoms with Gasteiger partial charge in [0.25, 0.3) is 11.2 Å². The molecule has 0 bridgehead atoms. The van der Waals surface area contributed by atoms with Crippen molar-refractivity contribution in [2.45, 2.75) is 19.1 Å². The summed E-state index contributed by atoms with van der Waals surface area (Å²) in [4.78, 5) is 28.3. The van der Waals surface area contributed by atoms with Crippen LogP contribution in [0.2, 0.25) is 0 Å². The summed E-state index contributed by atoms with van der Waals surface area (Å²) in [5.74, 6) is 0.347. The first-order valence-corrected chi connectivity index (χ1v) is 9.60. The Kier molecular flexibility index (Phi) is 5.48. The molecular formula is C23H16F3N3O3. The van der Waals surface area contributed by atoms with Gasteiger partial charge in [-0.25, -0.2) is 4.98 Å². The van der Waals surface area contributed by atoms with E-state index in [1.807, 2.05) is 30.3 Å². The van der Waals surface area contributed by atoms with E-state index in [2.05, 4.69) is 4.98 Å². The predicted molar refractivity (Wildman–Crippen MR) is 112 cm³/mol. The molecule has 0 saturated heterocycles. The monoisotopic (exact) mass is 439 g/mol. The number of non-ortho nitro benzene ring substituents is 1. The van der Waals surface area contributed by atoms with Gasteiger partial charge in [0.1, 0.15) is 5.82 Å². The zero-order chi connectivity index (χ0) is 22.9. The number of benzene rings is 3. The van der Waals surface area contributed by atoms with Gasteiger partial charge in [0, 0.05) is 18.6 Å². The number of hydrogen-bond donors (Lipinski definition) is 0. The lowest BCUT2D eigenvalue weighted by atomic mass is 10.1. The highest BCUT2D eigenvalue weighted by atomic mass is 19.4. The van der Waals surface area contributed by atoms with Crippen molar-refractivity contribution in [3.63, 3.8) is 0 Å². The highest BCUT2D eigenvalue weighted by molar-refractivity contribution is 5.80. The maximum absolute atomic E-state index is 13.3. The number of alkyl halides is 3. The van der Waals surface area contributed by atoms with E-state index in [-0.39, 0.29) is 35.1 Å². The van der Waals surface area contributed by atoms with Crippen molar-refractivity contribution >= 4 is 16.6 Å². The molecule has 0 unspecified atom stereocenters. The van der Waals surface area contributed by atoms with Crippen molar-refractivity contribution < 1.29 is 18.1 Å². The third-order valence-corrected chi connectivity index (χ3v) is 5.03. The van der Waals surface area contributed by atoms with Crippen LogP contribution >= 0.6 is 0 Å². The molecule has 0 spiro atoms. The Morgan fingerprint density at radius 2 is 1.66 bits per heavy atom. The van der Waals surface area contributed by atoms with Gasteiger partial charge < -0.3 is 0 Å². The predicted octanol–water partition coefficient (Wildman–Crippen LogP) is 4.96. The Morgan fingerprint density at radius 3 is 2.34 bits per heavy atom. The molecule has 9 heteroatoms. The third kappa shape index (κ3) is 4.36. The van der Waals surface area contributed by atoms with Gasteiger partial charge in [0.15, 0.2) is 0 Å². The van der Waals surface area contributed by atoms with E-state index in [0.29, 0.717) is 5.82 Å². The molecule has 0 atom stereocenters. The van der Waals surface area contributed by atoms with Crippen molar-refractivity contribution in [3.8, 4) is 0 Å². The van der Waals surface area contributed by atoms with Gasteiger partial charge in [-0.15, -0.1) is 0 Å². The van der Waals surface area contributed by atoms with Crippen molar-refractivity contribution in [2.75, 3.05) is 0 Å². The zero-order valence-electron chi connectivity index (χ0n) is 16.5. The minimum absolute atomic E-state index is 0.0305. The highest BCUT2D eigenvalue weighted by Crippen LogP contribution is 2.29. The molecule has 32 heavy (non-hydrogen) atoms. The lowest BCUT2D eigenvalue weighted by Gasteiger charge is -2.15. The molecule has 0 aliphatic carbocycles. The minimum atomic E-state index is -4.52. The average Bonchev–Trinajstić information content (AvgIpc) is 2.76. The van der Waals surface area contributed by atoms with Crippen LogP contribution in [-0.4, -0.2) is 14.5 Å². The molecule has 3 aromatic carbocycles. The lowest BCUT2D eigenvalue weighted by Crippen LogP contribution is -2.26. The van der Waals surface area contributed by atoms with E-state index in [0.717, 1.165) is 23.8 Å². The average molecular weight is 439 g/mol. The third-order valence-electron chi connectivity index (χ3n) is 5.03. The first kappa shape index (κ1) is 21.2. The van der Waals surface area contributed by atoms with Crippen molar-refractivity contribution in [3.05, 3.63) is 116 Å². The fourth-order valence-corrected chi connectivity index (χ4v) is 3.47. The maximum atomic E-state index is 13.3. The van der Waals surface area contributed by atoms with Gasteiger partial charge in [-0.1, -0.05) is 42.5 Å². The number of rotatable bonds is 5. The van der Waals surface area contributed by atoms with Gasteiger partial charge in [-0.2, -0.15) is 13.2 Å². The van der Waals surface area contributed by atoms with Crippen LogP contribution in [0.1, 0.15) is 22.5 Å². The molecule has 0 aliphatic heterocycles. The molecular weight excluding hydrogens is 423 g/mol. The number of nitro groups is 1. The Morgan fingerprint density at radius 1 is 0.938 bits per heavy atom. The van der Waals surface area contributed by atoms with E-state index >= 15 is 0 Å². The quantitative estimate of drug-likeness (QED) is 0.325. The Bertz CT molecular complexity index is 1370. The largest absolute Gasteiger partial charge is 0.416 e. The number of nitrogens with zero attached hydrogens (tertiary/aromatic N) is 3. The van der Waals surface area contributed by atoms with Crippen molar-refractivity contribution in [1.29, 1.82) is 0 Å². The Labute approximate surface area is 179 Å². The summed E-state index contributed by atoms with van der Waals surface area (Å²) < 4.78 is 40.7. The molecule has 0 aliphatic rings. The summed E-state index contributed by atoms with van der Waals surface area (Å²) in [5, 5.41) is 11.2. The summed E-state index contributed by atoms with van der Waals surface area (Å²) in [6.45, 7) is -0.156. The second-order valence-corrected chi connectivity index (χ2v) is 7.24. The lowest BCUT2D eigenvalue weighted by molar-refractivity contribution is -0.384. The van der Waals surface area contributed by atoms with Crippen LogP contribution in [0.15, 0.2) is 77.6 Å². The fourth-order valence-electron chi connectivity index (χ4n) is 3.47. The maximum Gasteiger partial charge on any atom is 0.416 e. The van der Waals surface area contributed by atoms with Gasteiger partial charge in [0.05, 0.1) is 27.9 Å². The Balaban J connectivity index is 1.87. The minimum Gasteiger partial charge on any atom is -0.291 e. The van der Waals surface area contributed by atoms with Gasteiger partial charge in [0.2, 0.25) is 0 Å². The van der Waals surface area contributed by atoms with Crippen LogP contribution in [0, 0.1) is 10.1 Å². The summed E-state index contributed by atoms with van der Waals surface area (Å²) >= 11 is 0. The normalized spacial score (nSPS) is 11.6. The van der Waals surface area contributed by atoms with Gasteiger partial charge in [-0.3, -0.25) is 19.5 Å². The Hall–Kier alpha value is -4.01. The molecule has 162 valence electrons. The number of hydrogen-bond acceptors (Lipinski definition) is 4. The van der Waals surface area contributed by atoms with Crippen LogP contribution in [-0.2, 0) is 19.1 Å². The van der Waals surface area contributed by atoms with E-state index in [1.54, 1.807) is 0 Å². The smallest absolute Gasteiger partial charge is 0.291 e. The molecule has 6 nitrogen and oxygen atoms in total. The molecule has 0 radical (unpaired) electrons. The topological polar surface area (TPSA) is 78.0 Å². The van der Waals surface area contributed by atoms with Gasteiger partial charge in [-0.05, 0) is 29.3 Å². The summed E-state index contributed by atoms with van der Waals surface area (Å²) in [5.41, 5.74) is -0.231. The van der Waals surface area contributed by atoms with Crippen LogP contribution in [0.4, 0.5) is 18.9 Å². The standard InChI is InChI=1S/C23H16F3N3O3/c24-23(25,26)17-8-4-7-16(11-17)14-28-21(12-15-5-2-1-3-6-15)27-20-10-9-18(29(31)32)13-19(20)22(28)30/h1-11,13H,12,14H2. The first-order valence-electron chi connectivity index (χ1n) is 9.60. The van der Waals surface area contributed by atoms with E-state index in [4.69, 9.17) is 0 Å². The molecule has 4 aromatic rings. The summed E-state index contributed by atoms with van der Waals surface area (Å²) in [6.07, 6.45) is -4.25. The van der Waals surface area contributed by atoms with E-state index in [1.165, 1.54) is 28.8 Å². The molecule has 1 heterocycles. The first-order chi connectivity index (χ1) is 15.2. The molecule has 0 fully saturated rings. The molecule has 0 saturated carbocycles. The van der Waals surface area contributed by atoms with Crippen LogP contribution < -0.4 is 5.56 Å². The number of halogens is 3. The number of fused-ring (bicyclic) bond motifs is 1. The van der Waals surface area contributed by atoms with E-state index < -0.39 is 22.2 Å². The SMILES string of the molecule is O=c1c2cc([N+](=O)[O-])ccc2nc(Cc2ccccc2)n1Cc1cccc(C(F)(F)F)c1. The van der Waals surface area contributed by atoms with Crippen LogP contribution in [0.5, 0.6) is 0 Å². The molecule has 4 rings (SSSR count). The fraction of sp³-hybridized carbons (Fsp3) is 0.130. The number of aromatic nitrogens is 2. The van der Waals surface area contributed by atoms with Crippen LogP contribution in [0.25, 0.3) is 10.9 Å². The van der Waals surface area contributed by atoms with Crippen molar-refractivity contribution in [2.24, 2.45) is 0 Å². The summed E-state index contributed by atoms with van der Waals surface area (Å²) in [6, 6.07) is 17.7. The summed E-state index contributed by atoms with van der Waals surface area (Å²) in [7, 11) is 0. The van der Waals surface area contributed by atoms with Crippen molar-refractivity contribution in [1.82, 2.24) is 9.55 Å². The number of nitro benzene ring substituents is 1. The zero-order valence-corrected chi connectivity index (χ0v) is 16.5. The molecule has 0 N–H and O–H groups in total. The molecule has 0 amide bonds. The van der Waals surface area contributed by atoms with E-state index in [9.17, 15) is 28.1 Å². The second kappa shape index (κ2) is 8.26. The molecule has 1 aromatic heterocycles. The van der Waals surface area contributed by atoms with Crippen LogP contribution in [0.3, 0.4) is 0 Å². The highest BCUT2D eigenvalue weighted by Gasteiger charge is 2.30. The van der Waals surface area contributed by atoms with Gasteiger partial charge >= 0.3 is 6.18 Å². The second-order valence-electron chi connectivity index (χ2n) is 7.24.